The van der Waals surface area contributed by atoms with Crippen molar-refractivity contribution in [2.75, 3.05) is 5.73 Å². The van der Waals surface area contributed by atoms with E-state index in [0.29, 0.717) is 6.07 Å². The van der Waals surface area contributed by atoms with Crippen LogP contribution in [0.15, 0.2) is 46.2 Å². The van der Waals surface area contributed by atoms with Gasteiger partial charge in [0.25, 0.3) is 0 Å². The van der Waals surface area contributed by atoms with Crippen LogP contribution in [0.3, 0.4) is 0 Å². The highest BCUT2D eigenvalue weighted by molar-refractivity contribution is 7.89. The number of rotatable bonds is 5. The Labute approximate surface area is 198 Å². The lowest BCUT2D eigenvalue weighted by Crippen LogP contribution is -2.16. The van der Waals surface area contributed by atoms with Crippen molar-refractivity contribution in [1.29, 1.82) is 0 Å². The van der Waals surface area contributed by atoms with Gasteiger partial charge in [0.2, 0.25) is 10.0 Å². The van der Waals surface area contributed by atoms with Crippen LogP contribution in [0.2, 0.25) is 5.02 Å². The first-order valence-electron chi connectivity index (χ1n) is 8.99. The number of nitrogens with two attached hydrogens (primary N) is 2. The number of anilines is 1. The predicted octanol–water partition coefficient (Wildman–Crippen LogP) is 5.03. The molecule has 5 N–H and O–H groups in total. The number of alkyl halides is 3. The van der Waals surface area contributed by atoms with Gasteiger partial charge < -0.3 is 10.5 Å². The number of H-pyrrole nitrogens is 1. The molecule has 0 spiro atoms. The Morgan fingerprint density at radius 2 is 1.88 bits per heavy atom. The molecule has 0 aliphatic rings. The average molecular weight is 534 g/mol. The van der Waals surface area contributed by atoms with Gasteiger partial charge >= 0.3 is 6.18 Å². The van der Waals surface area contributed by atoms with Crippen molar-refractivity contribution in [3.63, 3.8) is 0 Å². The molecule has 178 valence electrons. The quantitative estimate of drug-likeness (QED) is 0.308. The number of sulfonamides is 1. The van der Waals surface area contributed by atoms with Crippen LogP contribution in [-0.2, 0) is 16.2 Å². The molecule has 0 radical (unpaired) electrons. The third kappa shape index (κ3) is 4.44. The van der Waals surface area contributed by atoms with Crippen LogP contribution in [0.1, 0.15) is 5.56 Å². The topological polar surface area (TPSA) is 137 Å². The number of nitrogens with zero attached hydrogens (tertiary/aromatic N) is 2. The fraction of sp³-hybridized carbons (Fsp3) is 0.0526. The van der Waals surface area contributed by atoms with Crippen LogP contribution in [0.25, 0.3) is 22.4 Å². The van der Waals surface area contributed by atoms with Gasteiger partial charge in [-0.25, -0.2) is 22.9 Å². The van der Waals surface area contributed by atoms with E-state index in [2.05, 4.69) is 15.2 Å². The van der Waals surface area contributed by atoms with Crippen molar-refractivity contribution in [3.8, 4) is 33.9 Å². The molecule has 2 aromatic carbocycles. The van der Waals surface area contributed by atoms with Crippen LogP contribution in [0, 0.1) is 5.82 Å². The standard InChI is InChI=1S/C19H12ClF4N5O3S2/c20-12-4-10(13-6-33-7-27-13)15(21)17(34(26,30)31)16(12)32-14-2-1-8(19(22,23)24)3-9(14)11-5-28-29-18(11)25/h1-7H,(H3,25,28,29)(H2,26,30,31). The maximum atomic E-state index is 15.3. The molecule has 0 unspecified atom stereocenters. The third-order valence-corrected chi connectivity index (χ3v) is 6.40. The largest absolute Gasteiger partial charge is 0.454 e. The van der Waals surface area contributed by atoms with E-state index in [0.717, 1.165) is 35.7 Å². The highest BCUT2D eigenvalue weighted by Gasteiger charge is 2.33. The highest BCUT2D eigenvalue weighted by Crippen LogP contribution is 2.45. The molecule has 0 aliphatic carbocycles. The fourth-order valence-electron chi connectivity index (χ4n) is 3.09. The zero-order chi connectivity index (χ0) is 24.8. The number of nitrogen functional groups attached to an aromatic ring is 1. The smallest absolute Gasteiger partial charge is 0.416 e. The Hall–Kier alpha value is -3.20. The molecule has 15 heteroatoms. The summed E-state index contributed by atoms with van der Waals surface area (Å²) in [4.78, 5) is 2.84. The number of halogens is 5. The predicted molar refractivity (Wildman–Crippen MR) is 117 cm³/mol. The van der Waals surface area contributed by atoms with Gasteiger partial charge in [0, 0.05) is 22.1 Å². The van der Waals surface area contributed by atoms with Gasteiger partial charge in [-0.05, 0) is 24.3 Å². The van der Waals surface area contributed by atoms with Crippen LogP contribution < -0.4 is 15.6 Å². The Balaban J connectivity index is 1.94. The normalized spacial score (nSPS) is 12.2. The summed E-state index contributed by atoms with van der Waals surface area (Å²) in [6.45, 7) is 0. The Morgan fingerprint density at radius 3 is 2.44 bits per heavy atom. The summed E-state index contributed by atoms with van der Waals surface area (Å²) in [5.74, 6) is -2.41. The SMILES string of the molecule is Nc1[nH]ncc1-c1cc(C(F)(F)F)ccc1Oc1c(Cl)cc(-c2cscn2)c(F)c1S(N)(=O)=O. The molecule has 0 bridgehead atoms. The molecule has 2 aromatic heterocycles. The molecular weight excluding hydrogens is 522 g/mol. The number of benzene rings is 2. The second kappa shape index (κ2) is 8.54. The summed E-state index contributed by atoms with van der Waals surface area (Å²) in [7, 11) is -4.76. The first-order chi connectivity index (χ1) is 15.9. The summed E-state index contributed by atoms with van der Waals surface area (Å²) >= 11 is 7.36. The molecule has 0 atom stereocenters. The van der Waals surface area contributed by atoms with E-state index < -0.39 is 38.2 Å². The summed E-state index contributed by atoms with van der Waals surface area (Å²) < 4.78 is 85.4. The van der Waals surface area contributed by atoms with Gasteiger partial charge in [0.15, 0.2) is 16.5 Å². The number of nitrogens with one attached hydrogen (secondary N) is 1. The second-order valence-corrected chi connectivity index (χ2v) is 9.43. The highest BCUT2D eigenvalue weighted by atomic mass is 35.5. The second-order valence-electron chi connectivity index (χ2n) is 6.80. The summed E-state index contributed by atoms with van der Waals surface area (Å²) in [5.41, 5.74) is 5.77. The number of thiazole rings is 1. The lowest BCUT2D eigenvalue weighted by atomic mass is 10.0. The molecular formula is C19H12ClF4N5O3S2. The summed E-state index contributed by atoms with van der Waals surface area (Å²) in [6, 6.07) is 3.41. The Bertz CT molecular complexity index is 1490. The van der Waals surface area contributed by atoms with Gasteiger partial charge in [0.05, 0.1) is 28.0 Å². The maximum Gasteiger partial charge on any atom is 0.416 e. The Morgan fingerprint density at radius 1 is 1.15 bits per heavy atom. The summed E-state index contributed by atoms with van der Waals surface area (Å²) in [6.07, 6.45) is -3.57. The monoisotopic (exact) mass is 533 g/mol. The molecule has 2 heterocycles. The minimum absolute atomic E-state index is 0.0222. The molecule has 0 saturated carbocycles. The number of ether oxygens (including phenoxy) is 1. The molecule has 4 rings (SSSR count). The van der Waals surface area contributed by atoms with Crippen molar-refractivity contribution in [2.24, 2.45) is 5.14 Å². The van der Waals surface area contributed by atoms with Crippen LogP contribution in [0.4, 0.5) is 23.4 Å². The van der Waals surface area contributed by atoms with Crippen molar-refractivity contribution in [2.45, 2.75) is 11.1 Å². The fourth-order valence-corrected chi connectivity index (χ4v) is 4.71. The minimum Gasteiger partial charge on any atom is -0.454 e. The lowest BCUT2D eigenvalue weighted by Gasteiger charge is -2.18. The van der Waals surface area contributed by atoms with E-state index >= 15 is 4.39 Å². The lowest BCUT2D eigenvalue weighted by molar-refractivity contribution is -0.137. The van der Waals surface area contributed by atoms with E-state index in [4.69, 9.17) is 27.2 Å². The van der Waals surface area contributed by atoms with Crippen molar-refractivity contribution in [1.82, 2.24) is 15.2 Å². The van der Waals surface area contributed by atoms with Gasteiger partial charge in [-0.2, -0.15) is 18.3 Å². The van der Waals surface area contributed by atoms with Crippen molar-refractivity contribution < 1.29 is 30.7 Å². The van der Waals surface area contributed by atoms with E-state index in [-0.39, 0.29) is 39.0 Å². The van der Waals surface area contributed by atoms with E-state index in [1.807, 2.05) is 0 Å². The van der Waals surface area contributed by atoms with Crippen LogP contribution in [0.5, 0.6) is 11.5 Å². The first-order valence-corrected chi connectivity index (χ1v) is 11.9. The van der Waals surface area contributed by atoms with Crippen LogP contribution >= 0.6 is 22.9 Å². The van der Waals surface area contributed by atoms with Crippen LogP contribution in [-0.4, -0.2) is 23.6 Å². The maximum absolute atomic E-state index is 15.3. The van der Waals surface area contributed by atoms with Crippen molar-refractivity contribution >= 4 is 38.8 Å². The molecule has 0 saturated heterocycles. The molecule has 8 nitrogen and oxygen atoms in total. The van der Waals surface area contributed by atoms with Gasteiger partial charge in [-0.3, -0.25) is 5.10 Å². The van der Waals surface area contributed by atoms with E-state index in [9.17, 15) is 21.6 Å². The Kier molecular flexibility index (Phi) is 6.01. The summed E-state index contributed by atoms with van der Waals surface area (Å²) in [5, 5.41) is 12.4. The molecule has 4 aromatic rings. The number of primary sulfonamides is 1. The molecule has 0 amide bonds. The minimum atomic E-state index is -4.76. The van der Waals surface area contributed by atoms with E-state index in [1.165, 1.54) is 10.9 Å². The zero-order valence-corrected chi connectivity index (χ0v) is 18.9. The molecule has 0 aliphatic heterocycles. The number of aromatic nitrogens is 3. The van der Waals surface area contributed by atoms with Crippen molar-refractivity contribution in [3.05, 3.63) is 57.8 Å². The third-order valence-electron chi connectivity index (χ3n) is 4.60. The van der Waals surface area contributed by atoms with Gasteiger partial charge in [-0.1, -0.05) is 11.6 Å². The molecule has 34 heavy (non-hydrogen) atoms. The van der Waals surface area contributed by atoms with Gasteiger partial charge in [-0.15, -0.1) is 11.3 Å². The first kappa shape index (κ1) is 23.9. The molecule has 0 fully saturated rings. The number of hydrogen-bond acceptors (Lipinski definition) is 7. The number of aromatic amines is 1. The zero-order valence-electron chi connectivity index (χ0n) is 16.5. The van der Waals surface area contributed by atoms with Gasteiger partial charge in [0.1, 0.15) is 11.6 Å². The van der Waals surface area contributed by atoms with E-state index in [1.54, 1.807) is 0 Å². The average Bonchev–Trinajstić information content (AvgIpc) is 3.41. The number of hydrogen-bond donors (Lipinski definition) is 3.